The Morgan fingerprint density at radius 2 is 2.00 bits per heavy atom. The Balaban J connectivity index is 3.44. The molecule has 1 unspecified atom stereocenters. The van der Waals surface area contributed by atoms with E-state index in [0.717, 1.165) is 0 Å². The lowest BCUT2D eigenvalue weighted by Gasteiger charge is -2.05. The minimum Gasteiger partial charge on any atom is -0.481 e. The van der Waals surface area contributed by atoms with Crippen molar-refractivity contribution in [2.45, 2.75) is 33.1 Å². The van der Waals surface area contributed by atoms with Crippen molar-refractivity contribution in [3.63, 3.8) is 0 Å². The SMILES string of the molecule is CC(=O)CC(C)CCC(=O)O. The van der Waals surface area contributed by atoms with Gasteiger partial charge in [0.25, 0.3) is 0 Å². The minimum atomic E-state index is -0.791. The van der Waals surface area contributed by atoms with Gasteiger partial charge in [0.2, 0.25) is 0 Å². The van der Waals surface area contributed by atoms with Crippen LogP contribution in [0.5, 0.6) is 0 Å². The average Bonchev–Trinajstić information content (AvgIpc) is 1.82. The van der Waals surface area contributed by atoms with Gasteiger partial charge in [-0.05, 0) is 19.3 Å². The number of rotatable bonds is 5. The second-order valence-electron chi connectivity index (χ2n) is 2.94. The molecule has 3 heteroatoms. The van der Waals surface area contributed by atoms with Crippen LogP contribution in [0.15, 0.2) is 0 Å². The molecule has 0 saturated heterocycles. The maximum Gasteiger partial charge on any atom is 0.303 e. The van der Waals surface area contributed by atoms with Crippen LogP contribution in [0.2, 0.25) is 0 Å². The summed E-state index contributed by atoms with van der Waals surface area (Å²) in [5.41, 5.74) is 0. The van der Waals surface area contributed by atoms with E-state index < -0.39 is 5.97 Å². The van der Waals surface area contributed by atoms with Crippen LogP contribution in [-0.2, 0) is 9.59 Å². The van der Waals surface area contributed by atoms with Crippen LogP contribution in [0.25, 0.3) is 0 Å². The van der Waals surface area contributed by atoms with Gasteiger partial charge in [-0.2, -0.15) is 0 Å². The van der Waals surface area contributed by atoms with Crippen LogP contribution >= 0.6 is 0 Å². The van der Waals surface area contributed by atoms with Gasteiger partial charge in [0, 0.05) is 12.8 Å². The molecule has 0 aliphatic rings. The summed E-state index contributed by atoms with van der Waals surface area (Å²) in [5, 5.41) is 8.31. The van der Waals surface area contributed by atoms with Crippen molar-refractivity contribution in [3.05, 3.63) is 0 Å². The van der Waals surface area contributed by atoms with Crippen LogP contribution in [0.1, 0.15) is 33.1 Å². The van der Waals surface area contributed by atoms with Crippen molar-refractivity contribution < 1.29 is 14.7 Å². The van der Waals surface area contributed by atoms with E-state index in [1.54, 1.807) is 0 Å². The lowest BCUT2D eigenvalue weighted by Crippen LogP contribution is -2.04. The first kappa shape index (κ1) is 10.1. The zero-order valence-corrected chi connectivity index (χ0v) is 6.96. The third kappa shape index (κ3) is 7.03. The van der Waals surface area contributed by atoms with Gasteiger partial charge in [0.05, 0.1) is 0 Å². The summed E-state index contributed by atoms with van der Waals surface area (Å²) < 4.78 is 0. The fourth-order valence-corrected chi connectivity index (χ4v) is 0.963. The van der Waals surface area contributed by atoms with E-state index in [0.29, 0.717) is 12.8 Å². The highest BCUT2D eigenvalue weighted by Gasteiger charge is 2.06. The molecule has 1 atom stereocenters. The number of carbonyl (C=O) groups is 2. The van der Waals surface area contributed by atoms with Crippen molar-refractivity contribution in [2.24, 2.45) is 5.92 Å². The third-order valence-corrected chi connectivity index (χ3v) is 1.49. The quantitative estimate of drug-likeness (QED) is 0.659. The third-order valence-electron chi connectivity index (χ3n) is 1.49. The van der Waals surface area contributed by atoms with Crippen LogP contribution in [0.3, 0.4) is 0 Å². The van der Waals surface area contributed by atoms with E-state index in [-0.39, 0.29) is 18.1 Å². The van der Waals surface area contributed by atoms with Crippen LogP contribution in [-0.4, -0.2) is 16.9 Å². The highest BCUT2D eigenvalue weighted by atomic mass is 16.4. The van der Waals surface area contributed by atoms with Crippen molar-refractivity contribution >= 4 is 11.8 Å². The molecule has 0 aliphatic carbocycles. The van der Waals surface area contributed by atoms with Gasteiger partial charge in [-0.15, -0.1) is 0 Å². The van der Waals surface area contributed by atoms with E-state index in [4.69, 9.17) is 5.11 Å². The van der Waals surface area contributed by atoms with E-state index in [1.165, 1.54) is 6.92 Å². The van der Waals surface area contributed by atoms with Crippen molar-refractivity contribution in [1.29, 1.82) is 0 Å². The number of ketones is 1. The summed E-state index contributed by atoms with van der Waals surface area (Å²) in [4.78, 5) is 20.7. The topological polar surface area (TPSA) is 54.4 Å². The van der Waals surface area contributed by atoms with E-state index in [1.807, 2.05) is 6.92 Å². The molecule has 0 aromatic carbocycles. The fourth-order valence-electron chi connectivity index (χ4n) is 0.963. The number of hydrogen-bond acceptors (Lipinski definition) is 2. The molecule has 0 radical (unpaired) electrons. The van der Waals surface area contributed by atoms with Gasteiger partial charge < -0.3 is 9.90 Å². The largest absolute Gasteiger partial charge is 0.481 e. The van der Waals surface area contributed by atoms with E-state index in [9.17, 15) is 9.59 Å². The molecule has 0 aromatic heterocycles. The normalized spacial score (nSPS) is 12.5. The zero-order valence-electron chi connectivity index (χ0n) is 6.96. The standard InChI is InChI=1S/C8H14O3/c1-6(5-7(2)9)3-4-8(10)11/h6H,3-5H2,1-2H3,(H,10,11). The maximum absolute atomic E-state index is 10.6. The zero-order chi connectivity index (χ0) is 8.85. The molecule has 0 aliphatic heterocycles. The van der Waals surface area contributed by atoms with Gasteiger partial charge in [-0.25, -0.2) is 0 Å². The minimum absolute atomic E-state index is 0.128. The first-order valence-electron chi connectivity index (χ1n) is 3.73. The molecule has 0 saturated carbocycles. The predicted molar refractivity (Wildman–Crippen MR) is 41.3 cm³/mol. The number of aliphatic carboxylic acids is 1. The Hall–Kier alpha value is -0.860. The van der Waals surface area contributed by atoms with Gasteiger partial charge in [0.1, 0.15) is 5.78 Å². The number of Topliss-reactive ketones (excluding diaryl/α,β-unsaturated/α-hetero) is 1. The number of carbonyl (C=O) groups excluding carboxylic acids is 1. The predicted octanol–water partition coefficient (Wildman–Crippen LogP) is 1.47. The number of carboxylic acids is 1. The highest BCUT2D eigenvalue weighted by Crippen LogP contribution is 2.09. The van der Waals surface area contributed by atoms with Gasteiger partial charge in [-0.3, -0.25) is 4.79 Å². The molecule has 0 fully saturated rings. The van der Waals surface area contributed by atoms with E-state index >= 15 is 0 Å². The molecule has 64 valence electrons. The Morgan fingerprint density at radius 3 is 2.36 bits per heavy atom. The van der Waals surface area contributed by atoms with Crippen LogP contribution < -0.4 is 0 Å². The van der Waals surface area contributed by atoms with Crippen molar-refractivity contribution in [3.8, 4) is 0 Å². The lowest BCUT2D eigenvalue weighted by atomic mass is 10.00. The lowest BCUT2D eigenvalue weighted by molar-refractivity contribution is -0.137. The summed E-state index contributed by atoms with van der Waals surface area (Å²) in [6.45, 7) is 3.42. The summed E-state index contributed by atoms with van der Waals surface area (Å²) in [6, 6.07) is 0. The molecular formula is C8H14O3. The number of hydrogen-bond donors (Lipinski definition) is 1. The molecule has 1 N–H and O–H groups in total. The Labute approximate surface area is 66.4 Å². The van der Waals surface area contributed by atoms with E-state index in [2.05, 4.69) is 0 Å². The smallest absolute Gasteiger partial charge is 0.303 e. The van der Waals surface area contributed by atoms with Crippen molar-refractivity contribution in [2.75, 3.05) is 0 Å². The summed E-state index contributed by atoms with van der Waals surface area (Å²) in [7, 11) is 0. The monoisotopic (exact) mass is 158 g/mol. The Kier molecular flexibility index (Phi) is 4.50. The highest BCUT2D eigenvalue weighted by molar-refractivity contribution is 5.75. The Morgan fingerprint density at radius 1 is 1.45 bits per heavy atom. The molecular weight excluding hydrogens is 144 g/mol. The first-order chi connectivity index (χ1) is 5.02. The van der Waals surface area contributed by atoms with Gasteiger partial charge >= 0.3 is 5.97 Å². The second-order valence-corrected chi connectivity index (χ2v) is 2.94. The molecule has 0 amide bonds. The molecule has 3 nitrogen and oxygen atoms in total. The molecule has 0 rings (SSSR count). The average molecular weight is 158 g/mol. The van der Waals surface area contributed by atoms with Crippen LogP contribution in [0, 0.1) is 5.92 Å². The second kappa shape index (κ2) is 4.88. The number of carboxylic acid groups (broad SMARTS) is 1. The maximum atomic E-state index is 10.6. The van der Waals surface area contributed by atoms with Gasteiger partial charge in [0.15, 0.2) is 0 Å². The molecule has 0 bridgehead atoms. The Bertz CT molecular complexity index is 151. The molecule has 0 spiro atoms. The molecule has 0 heterocycles. The van der Waals surface area contributed by atoms with Gasteiger partial charge in [-0.1, -0.05) is 6.92 Å². The fraction of sp³-hybridized carbons (Fsp3) is 0.750. The molecule has 0 aromatic rings. The summed E-state index contributed by atoms with van der Waals surface area (Å²) >= 11 is 0. The molecule has 11 heavy (non-hydrogen) atoms. The van der Waals surface area contributed by atoms with Crippen LogP contribution in [0.4, 0.5) is 0 Å². The first-order valence-corrected chi connectivity index (χ1v) is 3.73. The van der Waals surface area contributed by atoms with Crippen molar-refractivity contribution in [1.82, 2.24) is 0 Å². The summed E-state index contributed by atoms with van der Waals surface area (Å²) in [5.74, 6) is -0.466. The summed E-state index contributed by atoms with van der Waals surface area (Å²) in [6.07, 6.45) is 1.25.